The van der Waals surface area contributed by atoms with Gasteiger partial charge in [0, 0.05) is 23.7 Å². The molecule has 6 nitrogen and oxygen atoms in total. The predicted molar refractivity (Wildman–Crippen MR) is 125 cm³/mol. The van der Waals surface area contributed by atoms with Gasteiger partial charge in [0.15, 0.2) is 17.1 Å². The van der Waals surface area contributed by atoms with E-state index < -0.39 is 0 Å². The zero-order valence-corrected chi connectivity index (χ0v) is 18.3. The van der Waals surface area contributed by atoms with Crippen molar-refractivity contribution in [2.45, 2.75) is 19.5 Å². The molecular formula is C26H26N2O4. The van der Waals surface area contributed by atoms with E-state index in [0.29, 0.717) is 23.6 Å². The van der Waals surface area contributed by atoms with Gasteiger partial charge in [0.2, 0.25) is 0 Å². The van der Waals surface area contributed by atoms with Gasteiger partial charge in [0.25, 0.3) is 5.91 Å². The van der Waals surface area contributed by atoms with Crippen LogP contribution in [0.15, 0.2) is 77.2 Å². The number of carbonyl (C=O) groups excluding carboxylic acids is 1. The van der Waals surface area contributed by atoms with Crippen LogP contribution in [0.2, 0.25) is 0 Å². The maximum absolute atomic E-state index is 12.8. The Kier molecular flexibility index (Phi) is 6.42. The van der Waals surface area contributed by atoms with Gasteiger partial charge in [-0.05, 0) is 54.4 Å². The summed E-state index contributed by atoms with van der Waals surface area (Å²) >= 11 is 0. The van der Waals surface area contributed by atoms with Crippen LogP contribution < -0.4 is 20.1 Å². The van der Waals surface area contributed by atoms with E-state index in [2.05, 4.69) is 29.7 Å². The molecule has 0 fully saturated rings. The number of furan rings is 1. The van der Waals surface area contributed by atoms with Crippen LogP contribution >= 0.6 is 0 Å². The molecule has 1 aromatic heterocycles. The van der Waals surface area contributed by atoms with Gasteiger partial charge in [-0.25, -0.2) is 0 Å². The molecule has 0 aliphatic carbocycles. The maximum atomic E-state index is 12.8. The summed E-state index contributed by atoms with van der Waals surface area (Å²) in [6.45, 7) is 2.74. The average Bonchev–Trinajstić information content (AvgIpc) is 3.29. The highest BCUT2D eigenvalue weighted by Gasteiger charge is 2.18. The molecule has 0 aliphatic heterocycles. The highest BCUT2D eigenvalue weighted by molar-refractivity contribution is 6.05. The molecule has 0 saturated heterocycles. The minimum absolute atomic E-state index is 0.179. The molecule has 2 N–H and O–H groups in total. The SMILES string of the molecule is COc1ccc(NC(=O)c2cc3c(CN[C@@H](C)c4ccccc4)ccc(OC)c3o2)cc1. The third-order valence-electron chi connectivity index (χ3n) is 5.43. The zero-order chi connectivity index (χ0) is 22.5. The fourth-order valence-corrected chi connectivity index (χ4v) is 3.57. The van der Waals surface area contributed by atoms with E-state index in [9.17, 15) is 4.79 Å². The van der Waals surface area contributed by atoms with Gasteiger partial charge in [-0.1, -0.05) is 36.4 Å². The van der Waals surface area contributed by atoms with Gasteiger partial charge in [0.1, 0.15) is 5.75 Å². The Morgan fingerprint density at radius 3 is 2.41 bits per heavy atom. The highest BCUT2D eigenvalue weighted by Crippen LogP contribution is 2.32. The van der Waals surface area contributed by atoms with E-state index in [-0.39, 0.29) is 17.7 Å². The third kappa shape index (κ3) is 4.60. The predicted octanol–water partition coefficient (Wildman–Crippen LogP) is 5.55. The van der Waals surface area contributed by atoms with Gasteiger partial charge in [-0.3, -0.25) is 4.79 Å². The lowest BCUT2D eigenvalue weighted by Gasteiger charge is -2.15. The molecule has 0 bridgehead atoms. The summed E-state index contributed by atoms with van der Waals surface area (Å²) < 4.78 is 16.5. The third-order valence-corrected chi connectivity index (χ3v) is 5.43. The second-order valence-electron chi connectivity index (χ2n) is 7.48. The summed E-state index contributed by atoms with van der Waals surface area (Å²) in [5, 5.41) is 7.24. The molecule has 4 rings (SSSR count). The smallest absolute Gasteiger partial charge is 0.291 e. The van der Waals surface area contributed by atoms with Gasteiger partial charge in [-0.2, -0.15) is 0 Å². The van der Waals surface area contributed by atoms with Crippen LogP contribution in [-0.2, 0) is 6.54 Å². The number of rotatable bonds is 8. The molecule has 6 heteroatoms. The van der Waals surface area contributed by atoms with Crippen LogP contribution in [-0.4, -0.2) is 20.1 Å². The lowest BCUT2D eigenvalue weighted by Crippen LogP contribution is -2.18. The molecule has 0 radical (unpaired) electrons. The summed E-state index contributed by atoms with van der Waals surface area (Å²) in [6, 6.07) is 23.2. The standard InChI is InChI=1S/C26H26N2O4/c1-17(18-7-5-4-6-8-18)27-16-19-9-14-23(31-3)25-22(19)15-24(32-25)26(29)28-20-10-12-21(30-2)13-11-20/h4-15,17,27H,16H2,1-3H3,(H,28,29)/t17-/m0/s1. The molecule has 1 amide bonds. The number of carbonyl (C=O) groups is 1. The van der Waals surface area contributed by atoms with Crippen molar-refractivity contribution in [1.29, 1.82) is 0 Å². The number of methoxy groups -OCH3 is 2. The first-order valence-corrected chi connectivity index (χ1v) is 10.4. The van der Waals surface area contributed by atoms with Crippen molar-refractivity contribution in [3.05, 3.63) is 89.7 Å². The van der Waals surface area contributed by atoms with Gasteiger partial charge < -0.3 is 24.5 Å². The summed E-state index contributed by atoms with van der Waals surface area (Å²) in [6.07, 6.45) is 0. The van der Waals surface area contributed by atoms with Crippen molar-refractivity contribution in [1.82, 2.24) is 5.32 Å². The number of ether oxygens (including phenoxy) is 2. The summed E-state index contributed by atoms with van der Waals surface area (Å²) in [4.78, 5) is 12.8. The van der Waals surface area contributed by atoms with E-state index in [0.717, 1.165) is 16.7 Å². The second kappa shape index (κ2) is 9.58. The average molecular weight is 431 g/mol. The lowest BCUT2D eigenvalue weighted by molar-refractivity contribution is 0.0998. The summed E-state index contributed by atoms with van der Waals surface area (Å²) in [5.74, 6) is 1.20. The molecule has 0 unspecified atom stereocenters. The van der Waals surface area contributed by atoms with Crippen molar-refractivity contribution < 1.29 is 18.7 Å². The van der Waals surface area contributed by atoms with E-state index >= 15 is 0 Å². The molecule has 1 heterocycles. The summed E-state index contributed by atoms with van der Waals surface area (Å²) in [5.41, 5.74) is 3.45. The van der Waals surface area contributed by atoms with Gasteiger partial charge in [-0.15, -0.1) is 0 Å². The molecular weight excluding hydrogens is 404 g/mol. The van der Waals surface area contributed by atoms with Crippen LogP contribution in [0.4, 0.5) is 5.69 Å². The number of nitrogens with one attached hydrogen (secondary N) is 2. The first-order valence-electron chi connectivity index (χ1n) is 10.4. The van der Waals surface area contributed by atoms with Crippen molar-refractivity contribution in [2.24, 2.45) is 0 Å². The molecule has 0 saturated carbocycles. The van der Waals surface area contributed by atoms with E-state index in [4.69, 9.17) is 13.9 Å². The zero-order valence-electron chi connectivity index (χ0n) is 18.3. The van der Waals surface area contributed by atoms with E-state index in [1.165, 1.54) is 5.56 Å². The molecule has 164 valence electrons. The Hall–Kier alpha value is -3.77. The topological polar surface area (TPSA) is 72.7 Å². The second-order valence-corrected chi connectivity index (χ2v) is 7.48. The monoisotopic (exact) mass is 430 g/mol. The Morgan fingerprint density at radius 1 is 0.969 bits per heavy atom. The number of hydrogen-bond donors (Lipinski definition) is 2. The van der Waals surface area contributed by atoms with Crippen LogP contribution in [0, 0.1) is 0 Å². The van der Waals surface area contributed by atoms with Crippen molar-refractivity contribution in [3.8, 4) is 11.5 Å². The fraction of sp³-hybridized carbons (Fsp3) is 0.192. The quantitative estimate of drug-likeness (QED) is 0.383. The first-order chi connectivity index (χ1) is 15.6. The van der Waals surface area contributed by atoms with Crippen LogP contribution in [0.3, 0.4) is 0 Å². The number of hydrogen-bond acceptors (Lipinski definition) is 5. The number of benzene rings is 3. The molecule has 0 spiro atoms. The van der Waals surface area contributed by atoms with Crippen molar-refractivity contribution in [3.63, 3.8) is 0 Å². The minimum atomic E-state index is -0.329. The van der Waals surface area contributed by atoms with Gasteiger partial charge >= 0.3 is 0 Å². The van der Waals surface area contributed by atoms with Crippen molar-refractivity contribution >= 4 is 22.6 Å². The highest BCUT2D eigenvalue weighted by atomic mass is 16.5. The maximum Gasteiger partial charge on any atom is 0.291 e. The van der Waals surface area contributed by atoms with Crippen LogP contribution in [0.25, 0.3) is 11.0 Å². The largest absolute Gasteiger partial charge is 0.497 e. The van der Waals surface area contributed by atoms with Crippen LogP contribution in [0.1, 0.15) is 34.6 Å². The Morgan fingerprint density at radius 2 is 1.72 bits per heavy atom. The summed E-state index contributed by atoms with van der Waals surface area (Å²) in [7, 11) is 3.19. The van der Waals surface area contributed by atoms with Crippen molar-refractivity contribution in [2.75, 3.05) is 19.5 Å². The molecule has 4 aromatic rings. The number of anilines is 1. The van der Waals surface area contributed by atoms with E-state index in [1.54, 1.807) is 44.6 Å². The molecule has 0 aliphatic rings. The number of amides is 1. The molecule has 1 atom stereocenters. The normalized spacial score (nSPS) is 11.8. The Labute approximate surface area is 187 Å². The lowest BCUT2D eigenvalue weighted by atomic mass is 10.1. The number of fused-ring (bicyclic) bond motifs is 1. The first kappa shape index (κ1) is 21.5. The van der Waals surface area contributed by atoms with Crippen LogP contribution in [0.5, 0.6) is 11.5 Å². The van der Waals surface area contributed by atoms with E-state index in [1.807, 2.05) is 30.3 Å². The van der Waals surface area contributed by atoms with Gasteiger partial charge in [0.05, 0.1) is 14.2 Å². The fourth-order valence-electron chi connectivity index (χ4n) is 3.57. The minimum Gasteiger partial charge on any atom is -0.497 e. The Bertz CT molecular complexity index is 1200. The molecule has 32 heavy (non-hydrogen) atoms. The Balaban J connectivity index is 1.56. The molecule has 3 aromatic carbocycles.